The van der Waals surface area contributed by atoms with Gasteiger partial charge in [0.15, 0.2) is 0 Å². The van der Waals surface area contributed by atoms with Crippen LogP contribution in [0.25, 0.3) is 0 Å². The maximum Gasteiger partial charge on any atom is 0.307 e. The molecule has 1 heterocycles. The SMILES string of the molecule is Cc1csc(=O)n1CCC(=O)N(C1CCC(C)CC1)C1CC1. The van der Waals surface area contributed by atoms with Crippen LogP contribution in [0.3, 0.4) is 0 Å². The minimum atomic E-state index is 0.0507. The molecule has 0 N–H and O–H groups in total. The van der Waals surface area contributed by atoms with Gasteiger partial charge in [0.05, 0.1) is 0 Å². The van der Waals surface area contributed by atoms with Crippen molar-refractivity contribution in [2.45, 2.75) is 77.4 Å². The first-order valence-electron chi connectivity index (χ1n) is 8.52. The van der Waals surface area contributed by atoms with Crippen LogP contribution in [0.15, 0.2) is 10.2 Å². The van der Waals surface area contributed by atoms with Crippen molar-refractivity contribution in [3.05, 3.63) is 20.7 Å². The number of aromatic nitrogens is 1. The second-order valence-electron chi connectivity index (χ2n) is 6.99. The number of nitrogens with zero attached hydrogens (tertiary/aromatic N) is 2. The zero-order chi connectivity index (χ0) is 15.7. The molecule has 5 heteroatoms. The topological polar surface area (TPSA) is 42.3 Å². The zero-order valence-corrected chi connectivity index (χ0v) is 14.4. The van der Waals surface area contributed by atoms with Crippen molar-refractivity contribution in [3.63, 3.8) is 0 Å². The smallest absolute Gasteiger partial charge is 0.307 e. The van der Waals surface area contributed by atoms with Gasteiger partial charge in [-0.15, -0.1) is 0 Å². The molecule has 2 fully saturated rings. The van der Waals surface area contributed by atoms with E-state index in [1.807, 2.05) is 12.3 Å². The molecule has 0 aromatic carbocycles. The van der Waals surface area contributed by atoms with Gasteiger partial charge in [0.25, 0.3) is 0 Å². The van der Waals surface area contributed by atoms with Gasteiger partial charge in [0.2, 0.25) is 5.91 Å². The molecular weight excluding hydrogens is 296 g/mol. The summed E-state index contributed by atoms with van der Waals surface area (Å²) in [5.74, 6) is 1.05. The van der Waals surface area contributed by atoms with Crippen LogP contribution in [0.1, 0.15) is 57.6 Å². The van der Waals surface area contributed by atoms with Gasteiger partial charge in [0, 0.05) is 36.1 Å². The summed E-state index contributed by atoms with van der Waals surface area (Å²) in [7, 11) is 0. The summed E-state index contributed by atoms with van der Waals surface area (Å²) in [5.41, 5.74) is 0.965. The predicted molar refractivity (Wildman–Crippen MR) is 89.2 cm³/mol. The van der Waals surface area contributed by atoms with Gasteiger partial charge >= 0.3 is 4.87 Å². The molecule has 2 saturated carbocycles. The Bertz CT molecular complexity index is 580. The van der Waals surface area contributed by atoms with Gasteiger partial charge in [-0.25, -0.2) is 0 Å². The molecule has 2 aliphatic carbocycles. The molecule has 0 saturated heterocycles. The molecule has 22 heavy (non-hydrogen) atoms. The molecule has 4 nitrogen and oxygen atoms in total. The summed E-state index contributed by atoms with van der Waals surface area (Å²) in [6.45, 7) is 4.77. The van der Waals surface area contributed by atoms with Gasteiger partial charge in [-0.05, 0) is 51.4 Å². The Morgan fingerprint density at radius 2 is 1.82 bits per heavy atom. The summed E-state index contributed by atoms with van der Waals surface area (Å²) >= 11 is 1.22. The Balaban J connectivity index is 1.62. The minimum absolute atomic E-state index is 0.0507. The Morgan fingerprint density at radius 1 is 1.23 bits per heavy atom. The van der Waals surface area contributed by atoms with Crippen LogP contribution in [0.4, 0.5) is 0 Å². The normalized spacial score (nSPS) is 25.2. The van der Waals surface area contributed by atoms with E-state index in [9.17, 15) is 9.59 Å². The van der Waals surface area contributed by atoms with Gasteiger partial charge in [-0.2, -0.15) is 0 Å². The largest absolute Gasteiger partial charge is 0.337 e. The standard InChI is InChI=1S/C17H26N2O2S/c1-12-3-5-14(6-4-12)19(15-7-8-15)16(20)9-10-18-13(2)11-22-17(18)21/h11-12,14-15H,3-10H2,1-2H3. The number of hydrogen-bond donors (Lipinski definition) is 0. The minimum Gasteiger partial charge on any atom is -0.337 e. The number of carbonyl (C=O) groups excluding carboxylic acids is 1. The molecule has 1 aromatic heterocycles. The highest BCUT2D eigenvalue weighted by Crippen LogP contribution is 2.35. The summed E-state index contributed by atoms with van der Waals surface area (Å²) in [6.07, 6.45) is 7.57. The van der Waals surface area contributed by atoms with Crippen molar-refractivity contribution in [1.82, 2.24) is 9.47 Å². The number of aryl methyl sites for hydroxylation is 1. The third-order valence-electron chi connectivity index (χ3n) is 5.13. The fraction of sp³-hybridized carbons (Fsp3) is 0.765. The van der Waals surface area contributed by atoms with E-state index in [1.165, 1.54) is 24.2 Å². The lowest BCUT2D eigenvalue weighted by atomic mass is 9.86. The van der Waals surface area contributed by atoms with Crippen molar-refractivity contribution >= 4 is 17.2 Å². The van der Waals surface area contributed by atoms with E-state index < -0.39 is 0 Å². The predicted octanol–water partition coefficient (Wildman–Crippen LogP) is 3.18. The number of carbonyl (C=O) groups is 1. The third kappa shape index (κ3) is 3.45. The van der Waals surface area contributed by atoms with E-state index in [-0.39, 0.29) is 10.8 Å². The Hall–Kier alpha value is -1.10. The van der Waals surface area contributed by atoms with Crippen LogP contribution in [0.2, 0.25) is 0 Å². The average molecular weight is 322 g/mol. The van der Waals surface area contributed by atoms with Crippen molar-refractivity contribution in [2.24, 2.45) is 5.92 Å². The highest BCUT2D eigenvalue weighted by Gasteiger charge is 2.38. The van der Waals surface area contributed by atoms with Crippen LogP contribution in [0, 0.1) is 12.8 Å². The van der Waals surface area contributed by atoms with Crippen molar-refractivity contribution in [1.29, 1.82) is 0 Å². The highest BCUT2D eigenvalue weighted by atomic mass is 32.1. The average Bonchev–Trinajstić information content (AvgIpc) is 3.27. The highest BCUT2D eigenvalue weighted by molar-refractivity contribution is 7.07. The lowest BCUT2D eigenvalue weighted by Gasteiger charge is -2.36. The number of amides is 1. The maximum atomic E-state index is 12.7. The molecule has 2 aliphatic rings. The molecule has 1 amide bonds. The molecule has 3 rings (SSSR count). The third-order valence-corrected chi connectivity index (χ3v) is 6.01. The lowest BCUT2D eigenvalue weighted by Crippen LogP contribution is -2.44. The molecule has 0 bridgehead atoms. The second-order valence-corrected chi connectivity index (χ2v) is 7.81. The van der Waals surface area contributed by atoms with Crippen molar-refractivity contribution in [2.75, 3.05) is 0 Å². The van der Waals surface area contributed by atoms with Crippen LogP contribution < -0.4 is 4.87 Å². The maximum absolute atomic E-state index is 12.7. The first kappa shape index (κ1) is 15.8. The number of hydrogen-bond acceptors (Lipinski definition) is 3. The quantitative estimate of drug-likeness (QED) is 0.835. The fourth-order valence-electron chi connectivity index (χ4n) is 3.59. The van der Waals surface area contributed by atoms with Gasteiger partial charge in [0.1, 0.15) is 0 Å². The second kappa shape index (κ2) is 6.57. The summed E-state index contributed by atoms with van der Waals surface area (Å²) < 4.78 is 1.73. The Morgan fingerprint density at radius 3 is 2.32 bits per heavy atom. The molecule has 0 unspecified atom stereocenters. The first-order valence-corrected chi connectivity index (χ1v) is 9.40. The van der Waals surface area contributed by atoms with E-state index in [4.69, 9.17) is 0 Å². The van der Waals surface area contributed by atoms with E-state index in [2.05, 4.69) is 11.8 Å². The van der Waals surface area contributed by atoms with Crippen molar-refractivity contribution < 1.29 is 4.79 Å². The molecule has 1 aromatic rings. The Kier molecular flexibility index (Phi) is 4.71. The van der Waals surface area contributed by atoms with Crippen LogP contribution >= 0.6 is 11.3 Å². The van der Waals surface area contributed by atoms with Crippen LogP contribution in [-0.4, -0.2) is 27.5 Å². The molecule has 0 atom stereocenters. The Labute approximate surface area is 136 Å². The van der Waals surface area contributed by atoms with Gasteiger partial charge in [-0.3, -0.25) is 9.59 Å². The van der Waals surface area contributed by atoms with Gasteiger partial charge in [-0.1, -0.05) is 18.3 Å². The van der Waals surface area contributed by atoms with Crippen LogP contribution in [-0.2, 0) is 11.3 Å². The fourth-order valence-corrected chi connectivity index (χ4v) is 4.35. The zero-order valence-electron chi connectivity index (χ0n) is 13.6. The lowest BCUT2D eigenvalue weighted by molar-refractivity contribution is -0.135. The molecule has 122 valence electrons. The van der Waals surface area contributed by atoms with Gasteiger partial charge < -0.3 is 9.47 Å². The number of rotatable bonds is 5. The van der Waals surface area contributed by atoms with E-state index >= 15 is 0 Å². The molecular formula is C17H26N2O2S. The van der Waals surface area contributed by atoms with Crippen molar-refractivity contribution in [3.8, 4) is 0 Å². The van der Waals surface area contributed by atoms with E-state index in [0.717, 1.165) is 37.3 Å². The summed E-state index contributed by atoms with van der Waals surface area (Å²) in [6, 6.07) is 0.919. The molecule has 0 radical (unpaired) electrons. The number of thiazole rings is 1. The summed E-state index contributed by atoms with van der Waals surface area (Å²) in [4.78, 5) is 26.7. The molecule has 0 spiro atoms. The van der Waals surface area contributed by atoms with E-state index in [0.29, 0.717) is 25.0 Å². The van der Waals surface area contributed by atoms with E-state index in [1.54, 1.807) is 4.57 Å². The van der Waals surface area contributed by atoms with Crippen LogP contribution in [0.5, 0.6) is 0 Å². The first-order chi connectivity index (χ1) is 10.6. The monoisotopic (exact) mass is 322 g/mol. The molecule has 0 aliphatic heterocycles. The summed E-state index contributed by atoms with van der Waals surface area (Å²) in [5, 5.41) is 1.87.